The van der Waals surface area contributed by atoms with Gasteiger partial charge in [-0.15, -0.1) is 0 Å². The van der Waals surface area contributed by atoms with Gasteiger partial charge in [-0.05, 0) is 10.4 Å². The van der Waals surface area contributed by atoms with Crippen LogP contribution >= 0.6 is 7.47 Å². The highest BCUT2D eigenvalue weighted by molar-refractivity contribution is 8.03. The van der Waals surface area contributed by atoms with Gasteiger partial charge in [-0.1, -0.05) is 98.5 Å². The van der Waals surface area contributed by atoms with E-state index in [0.717, 1.165) is 0 Å². The second-order valence-electron chi connectivity index (χ2n) is 5.35. The van der Waals surface area contributed by atoms with E-state index in [1.807, 2.05) is 24.3 Å². The molecule has 2 aromatic carbocycles. The highest BCUT2D eigenvalue weighted by atomic mass is 31.4. The molecule has 0 saturated heterocycles. The summed E-state index contributed by atoms with van der Waals surface area (Å²) in [5.41, 5.74) is 0. The molecule has 0 fully saturated rings. The van der Waals surface area contributed by atoms with Gasteiger partial charge in [0, 0.05) is 0 Å². The molecule has 2 N–H and O–H groups in total. The van der Waals surface area contributed by atoms with Crippen LogP contribution in [0.15, 0.2) is 84.4 Å². The molecule has 2 nitrogen and oxygen atoms in total. The number of rotatable bonds is 7. The second-order valence-corrected chi connectivity index (χ2v) is 14.3. The summed E-state index contributed by atoms with van der Waals surface area (Å²) >= 11 is 0. The molecule has 0 unspecified atom stereocenters. The van der Waals surface area contributed by atoms with Gasteiger partial charge in [0.1, 0.15) is 7.74 Å². The van der Waals surface area contributed by atoms with E-state index in [1.165, 1.54) is 10.4 Å². The highest BCUT2D eigenvalue weighted by Crippen LogP contribution is 2.48. The molecule has 120 valence electrons. The summed E-state index contributed by atoms with van der Waals surface area (Å²) in [5, 5.41) is 21.2. The summed E-state index contributed by atoms with van der Waals surface area (Å²) in [7, 11) is -2.65. The molecule has 0 heterocycles. The topological polar surface area (TPSA) is 40.5 Å². The van der Waals surface area contributed by atoms with Gasteiger partial charge >= 0.3 is 0 Å². The first-order valence-corrected chi connectivity index (χ1v) is 12.5. The Labute approximate surface area is 140 Å². The lowest BCUT2D eigenvalue weighted by Gasteiger charge is -2.34. The van der Waals surface area contributed by atoms with Crippen molar-refractivity contribution < 1.29 is 10.2 Å². The minimum Gasteiger partial charge on any atom is -0.392 e. The summed E-state index contributed by atoms with van der Waals surface area (Å²) in [6.45, 7) is 2.45. The Hall–Kier alpha value is -1.51. The van der Waals surface area contributed by atoms with E-state index < -0.39 is 15.2 Å². The van der Waals surface area contributed by atoms with Crippen molar-refractivity contribution in [2.45, 2.75) is 6.55 Å². The Balaban J connectivity index is 2.60. The first-order chi connectivity index (χ1) is 11.2. The number of hydrogen-bond acceptors (Lipinski definition) is 2. The van der Waals surface area contributed by atoms with E-state index >= 15 is 0 Å². The van der Waals surface area contributed by atoms with Crippen LogP contribution in [0.2, 0.25) is 6.55 Å². The zero-order valence-electron chi connectivity index (χ0n) is 13.3. The predicted octanol–water partition coefficient (Wildman–Crippen LogP) is 2.87. The number of aliphatic hydroxyl groups excluding tert-OH is 2. The van der Waals surface area contributed by atoms with Gasteiger partial charge < -0.3 is 10.2 Å². The van der Waals surface area contributed by atoms with Crippen LogP contribution < -0.4 is 10.4 Å². The maximum absolute atomic E-state index is 9.21. The molecule has 0 bridgehead atoms. The van der Waals surface area contributed by atoms with Gasteiger partial charge in [0.25, 0.3) is 0 Å². The van der Waals surface area contributed by atoms with Crippen LogP contribution in [0.1, 0.15) is 0 Å². The van der Waals surface area contributed by atoms with Crippen molar-refractivity contribution in [3.8, 4) is 0 Å². The Kier molecular flexibility index (Phi) is 6.94. The zero-order valence-corrected chi connectivity index (χ0v) is 15.2. The van der Waals surface area contributed by atoms with Crippen LogP contribution in [-0.4, -0.2) is 31.2 Å². The van der Waals surface area contributed by atoms with Crippen LogP contribution in [0.4, 0.5) is 0 Å². The third-order valence-corrected chi connectivity index (χ3v) is 14.5. The van der Waals surface area contributed by atoms with Gasteiger partial charge in [-0.2, -0.15) is 0 Å². The molecule has 0 aliphatic carbocycles. The summed E-state index contributed by atoms with van der Waals surface area (Å²) in [6, 6.07) is 21.2. The molecule has 0 aliphatic heterocycles. The minimum atomic E-state index is -2.04. The van der Waals surface area contributed by atoms with E-state index in [9.17, 15) is 10.2 Å². The van der Waals surface area contributed by atoms with E-state index in [-0.39, 0.29) is 13.2 Å². The number of aliphatic hydroxyl groups is 2. The van der Waals surface area contributed by atoms with E-state index in [2.05, 4.69) is 66.7 Å². The largest absolute Gasteiger partial charge is 0.392 e. The van der Waals surface area contributed by atoms with Crippen molar-refractivity contribution in [3.05, 3.63) is 84.4 Å². The zero-order chi connectivity index (χ0) is 16.5. The molecule has 0 aliphatic rings. The van der Waals surface area contributed by atoms with Crippen molar-refractivity contribution in [1.29, 1.82) is 0 Å². The Bertz CT molecular complexity index is 587. The molecule has 2 aromatic rings. The average Bonchev–Trinajstić information content (AvgIpc) is 2.62. The third kappa shape index (κ3) is 4.27. The maximum atomic E-state index is 9.21. The molecule has 0 aromatic heterocycles. The molecule has 2 rings (SSSR count). The van der Waals surface area contributed by atoms with Crippen molar-refractivity contribution in [1.82, 2.24) is 0 Å². The molecule has 0 radical (unpaired) electrons. The molecule has 0 spiro atoms. The average molecular weight is 342 g/mol. The monoisotopic (exact) mass is 342 g/mol. The number of hydrogen-bond donors (Lipinski definition) is 2. The second kappa shape index (κ2) is 8.95. The van der Waals surface area contributed by atoms with Crippen LogP contribution in [0, 0.1) is 0 Å². The van der Waals surface area contributed by atoms with E-state index in [0.29, 0.717) is 0 Å². The Morgan fingerprint density at radius 3 is 1.52 bits per heavy atom. The lowest BCUT2D eigenvalue weighted by Crippen LogP contribution is -2.53. The third-order valence-electron chi connectivity index (χ3n) is 3.93. The smallest absolute Gasteiger partial charge is 0.148 e. The molecule has 23 heavy (non-hydrogen) atoms. The van der Waals surface area contributed by atoms with Crippen LogP contribution in [0.25, 0.3) is 0 Å². The van der Waals surface area contributed by atoms with Crippen molar-refractivity contribution in [2.75, 3.05) is 13.2 Å². The minimum absolute atomic E-state index is 0.0415. The van der Waals surface area contributed by atoms with Gasteiger partial charge in [0.15, 0.2) is 0 Å². The summed E-state index contributed by atoms with van der Waals surface area (Å²) < 4.78 is 0. The van der Waals surface area contributed by atoms with E-state index in [4.69, 9.17) is 0 Å². The van der Waals surface area contributed by atoms with Crippen LogP contribution in [-0.2, 0) is 0 Å². The molecule has 0 atom stereocenters. The fourth-order valence-electron chi connectivity index (χ4n) is 2.66. The molecular weight excluding hydrogens is 319 g/mol. The number of benzene rings is 2. The normalized spacial score (nSPS) is 13.7. The quantitative estimate of drug-likeness (QED) is 0.600. The fraction of sp³-hybridized carbons (Fsp3) is 0.158. The first kappa shape index (κ1) is 17.8. The standard InChI is InChI=1S/C19H23O2PSi/c1-23(18-10-4-2-5-11-18,19-12-6-3-7-13-19)22(16-8-14-20)17-9-15-21/h2-13,16-17,20-21H,14-15H2,1H3. The Morgan fingerprint density at radius 1 is 0.783 bits per heavy atom. The molecule has 0 saturated carbocycles. The molecular formula is C19H23O2PSi. The van der Waals surface area contributed by atoms with E-state index in [1.54, 1.807) is 0 Å². The van der Waals surface area contributed by atoms with Gasteiger partial charge in [0.2, 0.25) is 0 Å². The van der Waals surface area contributed by atoms with Gasteiger partial charge in [-0.25, -0.2) is 0 Å². The summed E-state index contributed by atoms with van der Waals surface area (Å²) in [4.78, 5) is 0. The van der Waals surface area contributed by atoms with Crippen molar-refractivity contribution in [3.63, 3.8) is 0 Å². The molecule has 4 heteroatoms. The lowest BCUT2D eigenvalue weighted by molar-refractivity contribution is 0.343. The predicted molar refractivity (Wildman–Crippen MR) is 103 cm³/mol. The lowest BCUT2D eigenvalue weighted by atomic mass is 10.4. The van der Waals surface area contributed by atoms with Crippen molar-refractivity contribution in [2.24, 2.45) is 0 Å². The van der Waals surface area contributed by atoms with Gasteiger partial charge in [-0.3, -0.25) is 0 Å². The highest BCUT2D eigenvalue weighted by Gasteiger charge is 2.37. The summed E-state index contributed by atoms with van der Waals surface area (Å²) in [6.07, 6.45) is 3.65. The summed E-state index contributed by atoms with van der Waals surface area (Å²) in [5.74, 6) is 4.27. The molecule has 0 amide bonds. The maximum Gasteiger partial charge on any atom is 0.148 e. The SMILES string of the molecule is C[Si](c1ccccc1)(c1ccccc1)P(C=CCO)C=CCO. The van der Waals surface area contributed by atoms with Crippen molar-refractivity contribution >= 4 is 25.6 Å². The van der Waals surface area contributed by atoms with Crippen LogP contribution in [0.3, 0.4) is 0 Å². The van der Waals surface area contributed by atoms with Crippen LogP contribution in [0.5, 0.6) is 0 Å². The first-order valence-electron chi connectivity index (χ1n) is 7.68. The Morgan fingerprint density at radius 2 is 1.17 bits per heavy atom. The fourth-order valence-corrected chi connectivity index (χ4v) is 11.7. The van der Waals surface area contributed by atoms with Gasteiger partial charge in [0.05, 0.1) is 13.2 Å².